The molecule has 12 heteroatoms. The molecule has 1 aromatic carbocycles. The van der Waals surface area contributed by atoms with Gasteiger partial charge in [-0.05, 0) is 55.0 Å². The minimum absolute atomic E-state index is 0.00144. The van der Waals surface area contributed by atoms with E-state index in [0.717, 1.165) is 43.8 Å². The number of pyridine rings is 1. The molecule has 1 N–H and O–H groups in total. The molecule has 1 aliphatic heterocycles. The minimum Gasteiger partial charge on any atom is -0.424 e. The predicted octanol–water partition coefficient (Wildman–Crippen LogP) is 5.14. The number of piperidine rings is 1. The van der Waals surface area contributed by atoms with Crippen LogP contribution in [-0.4, -0.2) is 38.9 Å². The van der Waals surface area contributed by atoms with Crippen LogP contribution < -0.4 is 15.0 Å². The Hall–Kier alpha value is -3.08. The first-order valence-electron chi connectivity index (χ1n) is 10.8. The molecule has 0 amide bonds. The zero-order valence-corrected chi connectivity index (χ0v) is 18.8. The number of ether oxygens (including phenoxy) is 1. The molecule has 2 unspecified atom stereocenters. The number of anilines is 2. The van der Waals surface area contributed by atoms with Crippen molar-refractivity contribution in [1.82, 2.24) is 19.7 Å². The van der Waals surface area contributed by atoms with Gasteiger partial charge in [-0.25, -0.2) is 14.1 Å². The molecule has 0 spiro atoms. The standard InChI is InChI=1S/C22H21ClF4N6O/c1-32-21(34-15-4-5-17(24)16(9-15)22(25,26)27)30-20(31-32)29-19-12-2-3-13(19)11-33(10-12)14-6-7-28-18(23)8-14/h4-9,12-13,19H,2-3,10-11H2,1H3,(H,29,31). The molecule has 2 aliphatic rings. The largest absolute Gasteiger partial charge is 0.424 e. The number of nitrogens with zero attached hydrogens (tertiary/aromatic N) is 5. The van der Waals surface area contributed by atoms with Crippen molar-refractivity contribution in [2.75, 3.05) is 23.3 Å². The Morgan fingerprint density at radius 2 is 1.85 bits per heavy atom. The lowest BCUT2D eigenvalue weighted by molar-refractivity contribution is -0.140. The lowest BCUT2D eigenvalue weighted by atomic mass is 9.92. The highest BCUT2D eigenvalue weighted by Crippen LogP contribution is 2.40. The summed E-state index contributed by atoms with van der Waals surface area (Å²) in [5, 5.41) is 8.16. The molecule has 180 valence electrons. The highest BCUT2D eigenvalue weighted by Gasteiger charge is 2.42. The number of hydrogen-bond acceptors (Lipinski definition) is 6. The maximum Gasteiger partial charge on any atom is 0.419 e. The number of aryl methyl sites for hydroxylation is 1. The Labute approximate surface area is 197 Å². The third-order valence-electron chi connectivity index (χ3n) is 6.38. The molecule has 34 heavy (non-hydrogen) atoms. The summed E-state index contributed by atoms with van der Waals surface area (Å²) >= 11 is 6.05. The van der Waals surface area contributed by atoms with Gasteiger partial charge in [0.15, 0.2) is 0 Å². The van der Waals surface area contributed by atoms with Gasteiger partial charge < -0.3 is 15.0 Å². The van der Waals surface area contributed by atoms with Crippen LogP contribution in [0, 0.1) is 17.7 Å². The molecule has 2 fully saturated rings. The van der Waals surface area contributed by atoms with E-state index in [4.69, 9.17) is 16.3 Å². The van der Waals surface area contributed by atoms with Crippen LogP contribution in [0.1, 0.15) is 18.4 Å². The van der Waals surface area contributed by atoms with Crippen LogP contribution in [0.5, 0.6) is 11.8 Å². The van der Waals surface area contributed by atoms with Crippen LogP contribution in [0.25, 0.3) is 0 Å². The Kier molecular flexibility index (Phi) is 5.75. The molecular formula is C22H21ClF4N6O. The first kappa shape index (κ1) is 22.7. The van der Waals surface area contributed by atoms with E-state index < -0.39 is 17.6 Å². The zero-order valence-electron chi connectivity index (χ0n) is 18.1. The first-order valence-corrected chi connectivity index (χ1v) is 11.1. The van der Waals surface area contributed by atoms with E-state index in [0.29, 0.717) is 29.0 Å². The number of nitrogens with one attached hydrogen (secondary N) is 1. The van der Waals surface area contributed by atoms with E-state index in [9.17, 15) is 17.6 Å². The van der Waals surface area contributed by atoms with Gasteiger partial charge in [0.25, 0.3) is 0 Å². The molecule has 1 saturated heterocycles. The Bertz CT molecular complexity index is 1190. The topological polar surface area (TPSA) is 68.1 Å². The number of benzene rings is 1. The van der Waals surface area contributed by atoms with Crippen molar-refractivity contribution in [3.8, 4) is 11.8 Å². The fourth-order valence-corrected chi connectivity index (χ4v) is 4.99. The molecule has 2 atom stereocenters. The van der Waals surface area contributed by atoms with E-state index in [1.165, 1.54) is 4.68 Å². The van der Waals surface area contributed by atoms with Crippen LogP contribution in [0.15, 0.2) is 36.5 Å². The number of alkyl halides is 3. The molecule has 3 aromatic rings. The van der Waals surface area contributed by atoms with E-state index >= 15 is 0 Å². The highest BCUT2D eigenvalue weighted by atomic mass is 35.5. The smallest absolute Gasteiger partial charge is 0.419 e. The van der Waals surface area contributed by atoms with Crippen LogP contribution in [-0.2, 0) is 13.2 Å². The number of fused-ring (bicyclic) bond motifs is 2. The number of hydrogen-bond donors (Lipinski definition) is 1. The summed E-state index contributed by atoms with van der Waals surface area (Å²) in [5.41, 5.74) is -0.358. The van der Waals surface area contributed by atoms with Crippen LogP contribution in [0.2, 0.25) is 5.15 Å². The van der Waals surface area contributed by atoms with Gasteiger partial charge in [-0.15, -0.1) is 5.10 Å². The molecule has 1 aliphatic carbocycles. The molecule has 2 aromatic heterocycles. The van der Waals surface area contributed by atoms with Crippen molar-refractivity contribution >= 4 is 23.2 Å². The second-order valence-corrected chi connectivity index (χ2v) is 8.98. The summed E-state index contributed by atoms with van der Waals surface area (Å²) in [6.45, 7) is 1.70. The van der Waals surface area contributed by atoms with E-state index in [2.05, 4.69) is 25.3 Å². The summed E-state index contributed by atoms with van der Waals surface area (Å²) < 4.78 is 59.3. The van der Waals surface area contributed by atoms with Crippen LogP contribution in [0.3, 0.4) is 0 Å². The zero-order chi connectivity index (χ0) is 24.0. The SMILES string of the molecule is Cn1nc(NC2C3CCC2CN(c2ccnc(Cl)c2)C3)nc1Oc1ccc(F)c(C(F)(F)F)c1. The number of rotatable bonds is 5. The third-order valence-corrected chi connectivity index (χ3v) is 6.59. The molecule has 3 heterocycles. The first-order chi connectivity index (χ1) is 16.2. The van der Waals surface area contributed by atoms with Crippen molar-refractivity contribution in [3.05, 3.63) is 53.1 Å². The summed E-state index contributed by atoms with van der Waals surface area (Å²) in [6, 6.07) is 6.41. The maximum absolute atomic E-state index is 13.6. The molecule has 1 saturated carbocycles. The highest BCUT2D eigenvalue weighted by molar-refractivity contribution is 6.29. The Balaban J connectivity index is 1.28. The number of halogens is 5. The molecule has 2 bridgehead atoms. The average molecular weight is 497 g/mol. The normalized spacial score (nSPS) is 22.2. The molecular weight excluding hydrogens is 476 g/mol. The van der Waals surface area contributed by atoms with Gasteiger partial charge in [-0.3, -0.25) is 0 Å². The fourth-order valence-electron chi connectivity index (χ4n) is 4.82. The predicted molar refractivity (Wildman–Crippen MR) is 118 cm³/mol. The minimum atomic E-state index is -4.83. The van der Waals surface area contributed by atoms with Crippen molar-refractivity contribution in [2.45, 2.75) is 25.1 Å². The van der Waals surface area contributed by atoms with E-state index in [-0.39, 0.29) is 17.8 Å². The van der Waals surface area contributed by atoms with Gasteiger partial charge in [0, 0.05) is 38.1 Å². The molecule has 5 rings (SSSR count). The Morgan fingerprint density at radius 1 is 1.12 bits per heavy atom. The fraction of sp³-hybridized carbons (Fsp3) is 0.409. The van der Waals surface area contributed by atoms with Gasteiger partial charge in [0.2, 0.25) is 5.95 Å². The van der Waals surface area contributed by atoms with Crippen LogP contribution in [0.4, 0.5) is 29.2 Å². The second-order valence-electron chi connectivity index (χ2n) is 8.59. The monoisotopic (exact) mass is 496 g/mol. The van der Waals surface area contributed by atoms with Gasteiger partial charge in [-0.1, -0.05) is 11.6 Å². The summed E-state index contributed by atoms with van der Waals surface area (Å²) in [7, 11) is 1.58. The summed E-state index contributed by atoms with van der Waals surface area (Å²) in [5.74, 6) is -0.482. The Morgan fingerprint density at radius 3 is 2.53 bits per heavy atom. The maximum atomic E-state index is 13.6. The average Bonchev–Trinajstić information content (AvgIpc) is 3.21. The van der Waals surface area contributed by atoms with Gasteiger partial charge in [-0.2, -0.15) is 18.2 Å². The van der Waals surface area contributed by atoms with Gasteiger partial charge in [0.05, 0.1) is 5.56 Å². The lowest BCUT2D eigenvalue weighted by Gasteiger charge is -2.39. The van der Waals surface area contributed by atoms with E-state index in [1.807, 2.05) is 12.1 Å². The third kappa shape index (κ3) is 4.48. The van der Waals surface area contributed by atoms with Crippen molar-refractivity contribution in [3.63, 3.8) is 0 Å². The molecule has 0 radical (unpaired) electrons. The van der Waals surface area contributed by atoms with Crippen LogP contribution >= 0.6 is 11.6 Å². The van der Waals surface area contributed by atoms with Gasteiger partial charge >= 0.3 is 12.2 Å². The summed E-state index contributed by atoms with van der Waals surface area (Å²) in [4.78, 5) is 10.7. The van der Waals surface area contributed by atoms with Crippen molar-refractivity contribution < 1.29 is 22.3 Å². The van der Waals surface area contributed by atoms with E-state index in [1.54, 1.807) is 13.2 Å². The lowest BCUT2D eigenvalue weighted by Crippen LogP contribution is -2.48. The van der Waals surface area contributed by atoms with Crippen molar-refractivity contribution in [1.29, 1.82) is 0 Å². The number of aromatic nitrogens is 4. The second kappa shape index (κ2) is 8.61. The van der Waals surface area contributed by atoms with Crippen molar-refractivity contribution in [2.24, 2.45) is 18.9 Å². The van der Waals surface area contributed by atoms with Gasteiger partial charge in [0.1, 0.15) is 16.7 Å². The summed E-state index contributed by atoms with van der Waals surface area (Å²) in [6.07, 6.45) is -1.01. The molecule has 7 nitrogen and oxygen atoms in total. The quantitative estimate of drug-likeness (QED) is 0.390.